The smallest absolute Gasteiger partial charge is 0.270 e. The maximum atomic E-state index is 14.0. The van der Waals surface area contributed by atoms with E-state index >= 15 is 0 Å². The van der Waals surface area contributed by atoms with Gasteiger partial charge < -0.3 is 24.7 Å². The molecule has 8 heteroatoms. The first kappa shape index (κ1) is 22.6. The molecule has 0 bridgehead atoms. The Bertz CT molecular complexity index is 1550. The standard InChI is InChI=1S/C28H27FN4O3/c29-21-6-3-8-23-20(21)15-25(31-23)28(35)33-13-11-32(12-14-33)16-18(34)17-36-26-10-4-9-24-27(26)19-5-1-2-7-22(19)30-24/h1-10,15,18,30-31,34H,11-14,16-17H2. The van der Waals surface area contributed by atoms with Gasteiger partial charge in [0, 0.05) is 59.9 Å². The molecule has 1 atom stereocenters. The minimum absolute atomic E-state index is 0.138. The quantitative estimate of drug-likeness (QED) is 0.337. The number of hydrogen-bond donors (Lipinski definition) is 3. The zero-order chi connectivity index (χ0) is 24.6. The number of benzene rings is 3. The van der Waals surface area contributed by atoms with Crippen molar-refractivity contribution in [3.63, 3.8) is 0 Å². The van der Waals surface area contributed by atoms with Gasteiger partial charge in [-0.3, -0.25) is 9.69 Å². The highest BCUT2D eigenvalue weighted by molar-refractivity contribution is 6.10. The fourth-order valence-electron chi connectivity index (χ4n) is 5.06. The monoisotopic (exact) mass is 486 g/mol. The van der Waals surface area contributed by atoms with Crippen LogP contribution in [0.2, 0.25) is 0 Å². The molecule has 1 aliphatic rings. The average molecular weight is 487 g/mol. The van der Waals surface area contributed by atoms with Gasteiger partial charge in [0.2, 0.25) is 0 Å². The van der Waals surface area contributed by atoms with E-state index in [0.717, 1.165) is 27.6 Å². The van der Waals surface area contributed by atoms with Crippen LogP contribution in [0.3, 0.4) is 0 Å². The molecule has 1 amide bonds. The van der Waals surface area contributed by atoms with E-state index in [-0.39, 0.29) is 18.3 Å². The Morgan fingerprint density at radius 3 is 2.47 bits per heavy atom. The molecule has 6 rings (SSSR count). The molecule has 1 unspecified atom stereocenters. The van der Waals surface area contributed by atoms with E-state index in [4.69, 9.17) is 4.74 Å². The number of carbonyl (C=O) groups excluding carboxylic acids is 1. The first-order valence-corrected chi connectivity index (χ1v) is 12.2. The van der Waals surface area contributed by atoms with E-state index in [2.05, 4.69) is 20.9 Å². The summed E-state index contributed by atoms with van der Waals surface area (Å²) in [6.07, 6.45) is -0.663. The molecule has 5 aromatic rings. The number of carbonyl (C=O) groups is 1. The third-order valence-corrected chi connectivity index (χ3v) is 6.89. The molecule has 0 radical (unpaired) electrons. The summed E-state index contributed by atoms with van der Waals surface area (Å²) in [5.41, 5.74) is 3.06. The van der Waals surface area contributed by atoms with Crippen molar-refractivity contribution in [1.82, 2.24) is 19.8 Å². The van der Waals surface area contributed by atoms with Gasteiger partial charge in [0.25, 0.3) is 5.91 Å². The highest BCUT2D eigenvalue weighted by Crippen LogP contribution is 2.33. The largest absolute Gasteiger partial charge is 0.490 e. The molecular formula is C28H27FN4O3. The number of aliphatic hydroxyl groups is 1. The average Bonchev–Trinajstić information content (AvgIpc) is 3.50. The van der Waals surface area contributed by atoms with Crippen LogP contribution >= 0.6 is 0 Å². The van der Waals surface area contributed by atoms with E-state index in [1.54, 1.807) is 23.1 Å². The summed E-state index contributed by atoms with van der Waals surface area (Å²) in [6, 6.07) is 20.3. The van der Waals surface area contributed by atoms with Gasteiger partial charge in [0.05, 0.1) is 5.52 Å². The number of aliphatic hydroxyl groups excluding tert-OH is 1. The van der Waals surface area contributed by atoms with Crippen LogP contribution in [0.1, 0.15) is 10.5 Å². The predicted octanol–water partition coefficient (Wildman–Crippen LogP) is 4.14. The lowest BCUT2D eigenvalue weighted by atomic mass is 10.1. The number of nitrogens with one attached hydrogen (secondary N) is 2. The number of ether oxygens (including phenoxy) is 1. The maximum absolute atomic E-state index is 14.0. The Hall–Kier alpha value is -3.88. The normalized spacial score (nSPS) is 15.7. The van der Waals surface area contributed by atoms with E-state index in [1.165, 1.54) is 6.07 Å². The fourth-order valence-corrected chi connectivity index (χ4v) is 5.06. The second kappa shape index (κ2) is 9.29. The first-order chi connectivity index (χ1) is 17.6. The zero-order valence-corrected chi connectivity index (χ0v) is 19.7. The van der Waals surface area contributed by atoms with E-state index in [9.17, 15) is 14.3 Å². The number of β-amino-alcohol motifs (C(OH)–C–C–N with tert-alkyl or cyclic N) is 1. The third kappa shape index (κ3) is 4.19. The van der Waals surface area contributed by atoms with Crippen molar-refractivity contribution in [2.45, 2.75) is 6.10 Å². The minimum Gasteiger partial charge on any atom is -0.490 e. The van der Waals surface area contributed by atoms with E-state index in [0.29, 0.717) is 49.3 Å². The van der Waals surface area contributed by atoms with Gasteiger partial charge in [-0.05, 0) is 36.4 Å². The van der Waals surface area contributed by atoms with Crippen LogP contribution in [0, 0.1) is 5.82 Å². The molecule has 1 saturated heterocycles. The predicted molar refractivity (Wildman–Crippen MR) is 138 cm³/mol. The summed E-state index contributed by atoms with van der Waals surface area (Å²) in [5.74, 6) is 0.264. The van der Waals surface area contributed by atoms with Crippen molar-refractivity contribution >= 4 is 38.6 Å². The molecule has 0 saturated carbocycles. The van der Waals surface area contributed by atoms with Gasteiger partial charge in [0.1, 0.15) is 30.0 Å². The molecule has 184 valence electrons. The van der Waals surface area contributed by atoms with Crippen LogP contribution in [0.25, 0.3) is 32.7 Å². The molecule has 3 aromatic carbocycles. The molecule has 0 spiro atoms. The van der Waals surface area contributed by atoms with Crippen molar-refractivity contribution in [3.8, 4) is 5.75 Å². The molecular weight excluding hydrogens is 459 g/mol. The lowest BCUT2D eigenvalue weighted by Gasteiger charge is -2.35. The lowest BCUT2D eigenvalue weighted by Crippen LogP contribution is -2.51. The van der Waals surface area contributed by atoms with Crippen LogP contribution in [-0.4, -0.2) is 76.2 Å². The van der Waals surface area contributed by atoms with Gasteiger partial charge in [-0.1, -0.05) is 30.3 Å². The van der Waals surface area contributed by atoms with Gasteiger partial charge in [0.15, 0.2) is 0 Å². The van der Waals surface area contributed by atoms with Crippen LogP contribution in [0.4, 0.5) is 4.39 Å². The number of fused-ring (bicyclic) bond motifs is 4. The second-order valence-electron chi connectivity index (χ2n) is 9.29. The molecule has 36 heavy (non-hydrogen) atoms. The number of rotatable bonds is 6. The molecule has 2 aromatic heterocycles. The number of halogens is 1. The minimum atomic E-state index is -0.663. The van der Waals surface area contributed by atoms with Crippen LogP contribution in [0.5, 0.6) is 5.75 Å². The molecule has 0 aliphatic carbocycles. The van der Waals surface area contributed by atoms with Crippen molar-refractivity contribution in [2.24, 2.45) is 0 Å². The summed E-state index contributed by atoms with van der Waals surface area (Å²) in [4.78, 5) is 23.3. The Morgan fingerprint density at radius 1 is 0.917 bits per heavy atom. The summed E-state index contributed by atoms with van der Waals surface area (Å²) in [7, 11) is 0. The molecule has 7 nitrogen and oxygen atoms in total. The summed E-state index contributed by atoms with van der Waals surface area (Å²) in [6.45, 7) is 3.02. The first-order valence-electron chi connectivity index (χ1n) is 12.2. The molecule has 3 N–H and O–H groups in total. The summed E-state index contributed by atoms with van der Waals surface area (Å²) in [5, 5.41) is 13.2. The number of nitrogens with zero attached hydrogens (tertiary/aromatic N) is 2. The summed E-state index contributed by atoms with van der Waals surface area (Å²) < 4.78 is 20.0. The molecule has 1 fully saturated rings. The van der Waals surface area contributed by atoms with Crippen molar-refractivity contribution in [2.75, 3.05) is 39.3 Å². The van der Waals surface area contributed by atoms with Crippen molar-refractivity contribution in [1.29, 1.82) is 0 Å². The number of amides is 1. The maximum Gasteiger partial charge on any atom is 0.270 e. The van der Waals surface area contributed by atoms with Crippen molar-refractivity contribution in [3.05, 3.63) is 78.2 Å². The van der Waals surface area contributed by atoms with Crippen molar-refractivity contribution < 1.29 is 19.0 Å². The van der Waals surface area contributed by atoms with Crippen LogP contribution in [-0.2, 0) is 0 Å². The van der Waals surface area contributed by atoms with Crippen LogP contribution < -0.4 is 4.74 Å². The Labute approximate surface area is 207 Å². The molecule has 3 heterocycles. The highest BCUT2D eigenvalue weighted by atomic mass is 19.1. The number of para-hydroxylation sites is 1. The molecule has 1 aliphatic heterocycles. The topological polar surface area (TPSA) is 84.6 Å². The Morgan fingerprint density at radius 2 is 1.64 bits per heavy atom. The second-order valence-corrected chi connectivity index (χ2v) is 9.29. The fraction of sp³-hybridized carbons (Fsp3) is 0.250. The van der Waals surface area contributed by atoms with Gasteiger partial charge >= 0.3 is 0 Å². The van der Waals surface area contributed by atoms with Gasteiger partial charge in [-0.25, -0.2) is 4.39 Å². The number of aromatic nitrogens is 2. The number of piperazine rings is 1. The Balaban J connectivity index is 1.04. The highest BCUT2D eigenvalue weighted by Gasteiger charge is 2.25. The number of hydrogen-bond acceptors (Lipinski definition) is 4. The number of aromatic amines is 2. The summed E-state index contributed by atoms with van der Waals surface area (Å²) >= 11 is 0. The van der Waals surface area contributed by atoms with Crippen LogP contribution in [0.15, 0.2) is 66.7 Å². The van der Waals surface area contributed by atoms with E-state index < -0.39 is 6.10 Å². The zero-order valence-electron chi connectivity index (χ0n) is 19.7. The SMILES string of the molecule is O=C(c1cc2c(F)cccc2[nH]1)N1CCN(CC(O)COc2cccc3[nH]c4ccccc4c23)CC1. The number of H-pyrrole nitrogens is 2. The Kier molecular flexibility index (Phi) is 5.83. The van der Waals surface area contributed by atoms with Gasteiger partial charge in [-0.15, -0.1) is 0 Å². The van der Waals surface area contributed by atoms with E-state index in [1.807, 2.05) is 36.4 Å². The van der Waals surface area contributed by atoms with Gasteiger partial charge in [-0.2, -0.15) is 0 Å². The lowest BCUT2D eigenvalue weighted by molar-refractivity contribution is 0.0404. The third-order valence-electron chi connectivity index (χ3n) is 6.89.